The van der Waals surface area contributed by atoms with E-state index in [2.05, 4.69) is 5.43 Å². The Morgan fingerprint density at radius 1 is 1.12 bits per heavy atom. The quantitative estimate of drug-likeness (QED) is 0.624. The molecule has 0 radical (unpaired) electrons. The van der Waals surface area contributed by atoms with Crippen molar-refractivity contribution in [3.63, 3.8) is 0 Å². The lowest BCUT2D eigenvalue weighted by Gasteiger charge is -2.15. The molecule has 0 fully saturated rings. The molecule has 0 saturated carbocycles. The van der Waals surface area contributed by atoms with Crippen molar-refractivity contribution in [2.24, 2.45) is 0 Å². The fourth-order valence-corrected chi connectivity index (χ4v) is 2.55. The van der Waals surface area contributed by atoms with Crippen molar-refractivity contribution in [2.75, 3.05) is 0 Å². The average molecular weight is 364 g/mol. The Hall–Kier alpha value is -3.00. The number of rotatable bonds is 4. The number of phenols is 1. The highest BCUT2D eigenvalue weighted by Gasteiger charge is 2.21. The molecule has 0 spiro atoms. The molecule has 2 aromatic carbocycles. The Labute approximate surface area is 148 Å². The third-order valence-corrected chi connectivity index (χ3v) is 3.92. The smallest absolute Gasteiger partial charge is 0.271 e. The summed E-state index contributed by atoms with van der Waals surface area (Å²) in [6.45, 7) is 3.46. The molecule has 2 aromatic rings. The summed E-state index contributed by atoms with van der Waals surface area (Å²) in [6.07, 6.45) is -1.39. The number of carbonyl (C=O) groups is 2. The first-order valence-electron chi connectivity index (χ1n) is 7.80. The Bertz CT molecular complexity index is 835. The van der Waals surface area contributed by atoms with Crippen molar-refractivity contribution in [1.82, 2.24) is 10.9 Å². The van der Waals surface area contributed by atoms with Gasteiger partial charge in [0.15, 0.2) is 6.10 Å². The third-order valence-electron chi connectivity index (χ3n) is 3.92. The number of hydrogen-bond donors (Lipinski definition) is 4. The molecule has 0 heterocycles. The number of carbonyl (C=O) groups excluding carboxylic acids is 2. The zero-order valence-electron chi connectivity index (χ0n) is 14.1. The van der Waals surface area contributed by atoms with E-state index in [9.17, 15) is 28.6 Å². The number of aromatic hydroxyl groups is 1. The van der Waals surface area contributed by atoms with Crippen LogP contribution in [-0.2, 0) is 11.2 Å². The van der Waals surface area contributed by atoms with Gasteiger partial charge >= 0.3 is 0 Å². The molecule has 0 bridgehead atoms. The van der Waals surface area contributed by atoms with Gasteiger partial charge in [-0.3, -0.25) is 20.4 Å². The minimum atomic E-state index is -1.87. The maximum Gasteiger partial charge on any atom is 0.271 e. The molecule has 8 heteroatoms. The predicted octanol–water partition coefficient (Wildman–Crippen LogP) is 2.04. The monoisotopic (exact) mass is 364 g/mol. The number of hydrogen-bond acceptors (Lipinski definition) is 4. The van der Waals surface area contributed by atoms with E-state index in [-0.39, 0.29) is 16.9 Å². The van der Waals surface area contributed by atoms with E-state index < -0.39 is 29.6 Å². The van der Waals surface area contributed by atoms with E-state index in [1.54, 1.807) is 13.8 Å². The Morgan fingerprint density at radius 2 is 1.73 bits per heavy atom. The number of halogens is 2. The summed E-state index contributed by atoms with van der Waals surface area (Å²) in [5, 5.41) is 19.6. The van der Waals surface area contributed by atoms with Gasteiger partial charge in [-0.2, -0.15) is 0 Å². The molecule has 0 saturated heterocycles. The number of hydrazine groups is 1. The summed E-state index contributed by atoms with van der Waals surface area (Å²) >= 11 is 0. The number of amides is 2. The normalized spacial score (nSPS) is 11.7. The predicted molar refractivity (Wildman–Crippen MR) is 89.1 cm³/mol. The second kappa shape index (κ2) is 7.92. The van der Waals surface area contributed by atoms with Crippen LogP contribution in [0, 0.1) is 18.6 Å². The van der Waals surface area contributed by atoms with Gasteiger partial charge < -0.3 is 10.2 Å². The van der Waals surface area contributed by atoms with E-state index in [4.69, 9.17) is 0 Å². The molecule has 138 valence electrons. The SMILES string of the molecule is CCc1c(C(=O)NNC(=O)C(O)c2cc(F)cc(F)c2)ccc(O)c1C. The minimum absolute atomic E-state index is 0.0472. The van der Waals surface area contributed by atoms with Gasteiger partial charge in [-0.25, -0.2) is 8.78 Å². The molecular weight excluding hydrogens is 346 g/mol. The van der Waals surface area contributed by atoms with Gasteiger partial charge in [0, 0.05) is 11.6 Å². The van der Waals surface area contributed by atoms with Crippen LogP contribution in [0.4, 0.5) is 8.78 Å². The van der Waals surface area contributed by atoms with Crippen LogP contribution in [0.25, 0.3) is 0 Å². The number of nitrogens with one attached hydrogen (secondary N) is 2. The Balaban J connectivity index is 2.09. The van der Waals surface area contributed by atoms with Gasteiger partial charge in [-0.15, -0.1) is 0 Å². The molecule has 0 aliphatic rings. The van der Waals surface area contributed by atoms with Crippen LogP contribution in [0.15, 0.2) is 30.3 Å². The van der Waals surface area contributed by atoms with Crippen LogP contribution >= 0.6 is 0 Å². The lowest BCUT2D eigenvalue weighted by atomic mass is 9.98. The van der Waals surface area contributed by atoms with Crippen molar-refractivity contribution >= 4 is 11.8 Å². The molecule has 2 amide bonds. The van der Waals surface area contributed by atoms with Gasteiger partial charge in [0.25, 0.3) is 11.8 Å². The fourth-order valence-electron chi connectivity index (χ4n) is 2.55. The van der Waals surface area contributed by atoms with Crippen LogP contribution in [0.2, 0.25) is 0 Å². The second-order valence-corrected chi connectivity index (χ2v) is 5.64. The first-order valence-corrected chi connectivity index (χ1v) is 7.80. The van der Waals surface area contributed by atoms with Crippen molar-refractivity contribution in [2.45, 2.75) is 26.4 Å². The van der Waals surface area contributed by atoms with Crippen LogP contribution in [0.3, 0.4) is 0 Å². The molecular formula is C18H18F2N2O4. The van der Waals surface area contributed by atoms with Gasteiger partial charge in [0.05, 0.1) is 0 Å². The highest BCUT2D eigenvalue weighted by molar-refractivity contribution is 5.97. The minimum Gasteiger partial charge on any atom is -0.508 e. The van der Waals surface area contributed by atoms with E-state index in [0.29, 0.717) is 23.6 Å². The molecule has 1 atom stereocenters. The van der Waals surface area contributed by atoms with E-state index in [0.717, 1.165) is 12.1 Å². The van der Waals surface area contributed by atoms with Crippen molar-refractivity contribution in [3.05, 3.63) is 64.2 Å². The number of benzene rings is 2. The number of aliphatic hydroxyl groups is 1. The maximum absolute atomic E-state index is 13.2. The summed E-state index contributed by atoms with van der Waals surface area (Å²) in [6, 6.07) is 4.99. The summed E-state index contributed by atoms with van der Waals surface area (Å²) in [5.74, 6) is -3.55. The lowest BCUT2D eigenvalue weighted by Crippen LogP contribution is -2.44. The summed E-state index contributed by atoms with van der Waals surface area (Å²) in [7, 11) is 0. The van der Waals surface area contributed by atoms with Gasteiger partial charge in [-0.05, 0) is 54.3 Å². The first-order chi connectivity index (χ1) is 12.2. The standard InChI is InChI=1S/C18H18F2N2O4/c1-3-13-9(2)15(23)5-4-14(13)17(25)21-22-18(26)16(24)10-6-11(19)8-12(20)7-10/h4-8,16,23-24H,3H2,1-2H3,(H,21,25)(H,22,26). The summed E-state index contributed by atoms with van der Waals surface area (Å²) in [4.78, 5) is 24.2. The third kappa shape index (κ3) is 4.15. The largest absolute Gasteiger partial charge is 0.508 e. The molecule has 0 aliphatic heterocycles. The van der Waals surface area contributed by atoms with Crippen LogP contribution < -0.4 is 10.9 Å². The van der Waals surface area contributed by atoms with Crippen LogP contribution in [0.1, 0.15) is 40.1 Å². The van der Waals surface area contributed by atoms with Gasteiger partial charge in [0.1, 0.15) is 17.4 Å². The van der Waals surface area contributed by atoms with Crippen LogP contribution in [-0.4, -0.2) is 22.0 Å². The van der Waals surface area contributed by atoms with E-state index in [1.165, 1.54) is 12.1 Å². The lowest BCUT2D eigenvalue weighted by molar-refractivity contribution is -0.130. The number of aliphatic hydroxyl groups excluding tert-OH is 1. The number of phenolic OH excluding ortho intramolecular Hbond substituents is 1. The molecule has 6 nitrogen and oxygen atoms in total. The Morgan fingerprint density at radius 3 is 2.31 bits per heavy atom. The van der Waals surface area contributed by atoms with Gasteiger partial charge in [0.2, 0.25) is 0 Å². The molecule has 0 aliphatic carbocycles. The molecule has 4 N–H and O–H groups in total. The molecule has 1 unspecified atom stereocenters. The zero-order valence-corrected chi connectivity index (χ0v) is 14.1. The topological polar surface area (TPSA) is 98.7 Å². The van der Waals surface area contributed by atoms with E-state index >= 15 is 0 Å². The molecule has 26 heavy (non-hydrogen) atoms. The highest BCUT2D eigenvalue weighted by atomic mass is 19.1. The zero-order chi connectivity index (χ0) is 19.4. The molecule has 0 aromatic heterocycles. The van der Waals surface area contributed by atoms with E-state index in [1.807, 2.05) is 5.43 Å². The van der Waals surface area contributed by atoms with Gasteiger partial charge in [-0.1, -0.05) is 6.92 Å². The van der Waals surface area contributed by atoms with Crippen LogP contribution in [0.5, 0.6) is 5.75 Å². The van der Waals surface area contributed by atoms with Crippen molar-refractivity contribution < 1.29 is 28.6 Å². The highest BCUT2D eigenvalue weighted by Crippen LogP contribution is 2.24. The summed E-state index contributed by atoms with van der Waals surface area (Å²) < 4.78 is 26.3. The van der Waals surface area contributed by atoms with Crippen molar-refractivity contribution in [3.8, 4) is 5.75 Å². The maximum atomic E-state index is 13.2. The average Bonchev–Trinajstić information content (AvgIpc) is 2.59. The first kappa shape index (κ1) is 19.3. The molecule has 2 rings (SSSR count). The fraction of sp³-hybridized carbons (Fsp3) is 0.222. The Kier molecular flexibility index (Phi) is 5.89. The summed E-state index contributed by atoms with van der Waals surface area (Å²) in [5.41, 5.74) is 5.24. The van der Waals surface area contributed by atoms with Crippen molar-refractivity contribution in [1.29, 1.82) is 0 Å². The second-order valence-electron chi connectivity index (χ2n) is 5.64.